The maximum Gasteiger partial charge on any atom is 0.267 e. The predicted molar refractivity (Wildman–Crippen MR) is 146 cm³/mol. The predicted octanol–water partition coefficient (Wildman–Crippen LogP) is 7.23. The van der Waals surface area contributed by atoms with Crippen molar-refractivity contribution < 1.29 is 13.6 Å². The quantitative estimate of drug-likeness (QED) is 0.228. The monoisotopic (exact) mass is 507 g/mol. The molecule has 0 atom stereocenters. The van der Waals surface area contributed by atoms with Crippen molar-refractivity contribution >= 4 is 45.5 Å². The molecule has 0 unspecified atom stereocenters. The van der Waals surface area contributed by atoms with E-state index in [-0.39, 0.29) is 18.3 Å². The molecule has 182 valence electrons. The van der Waals surface area contributed by atoms with Crippen LogP contribution in [0.2, 0.25) is 0 Å². The van der Waals surface area contributed by atoms with Crippen molar-refractivity contribution in [1.29, 1.82) is 0 Å². The third-order valence-electron chi connectivity index (χ3n) is 6.17. The van der Waals surface area contributed by atoms with Crippen LogP contribution in [0.1, 0.15) is 16.9 Å². The van der Waals surface area contributed by atoms with Gasteiger partial charge < -0.3 is 8.98 Å². The van der Waals surface area contributed by atoms with E-state index in [1.807, 2.05) is 83.6 Å². The fourth-order valence-electron chi connectivity index (χ4n) is 4.37. The van der Waals surface area contributed by atoms with Crippen LogP contribution in [-0.2, 0) is 17.9 Å². The minimum absolute atomic E-state index is 0.137. The number of furan rings is 1. The molecule has 37 heavy (non-hydrogen) atoms. The number of fused-ring (bicyclic) bond motifs is 1. The topological polar surface area (TPSA) is 50.7 Å². The van der Waals surface area contributed by atoms with Crippen molar-refractivity contribution in [3.8, 4) is 0 Å². The summed E-state index contributed by atoms with van der Waals surface area (Å²) in [7, 11) is 0. The number of hydrogen-bond donors (Lipinski definition) is 0. The Morgan fingerprint density at radius 1 is 0.892 bits per heavy atom. The van der Waals surface area contributed by atoms with E-state index < -0.39 is 0 Å². The van der Waals surface area contributed by atoms with Crippen LogP contribution in [0.25, 0.3) is 17.0 Å². The van der Waals surface area contributed by atoms with E-state index >= 15 is 0 Å². The van der Waals surface area contributed by atoms with Gasteiger partial charge in [0.1, 0.15) is 11.6 Å². The van der Waals surface area contributed by atoms with Gasteiger partial charge >= 0.3 is 0 Å². The zero-order valence-electron chi connectivity index (χ0n) is 19.8. The lowest BCUT2D eigenvalue weighted by molar-refractivity contribution is -0.122. The van der Waals surface area contributed by atoms with Crippen molar-refractivity contribution in [3.63, 3.8) is 0 Å². The lowest BCUT2D eigenvalue weighted by Gasteiger charge is -2.13. The highest BCUT2D eigenvalue weighted by Crippen LogP contribution is 2.36. The number of aromatic nitrogens is 1. The Morgan fingerprint density at radius 3 is 2.49 bits per heavy atom. The van der Waals surface area contributed by atoms with Gasteiger partial charge in [0.05, 0.1) is 29.9 Å². The van der Waals surface area contributed by atoms with E-state index in [0.29, 0.717) is 27.9 Å². The fraction of sp³-hybridized carbons (Fsp3) is 0.0667. The molecule has 3 aromatic carbocycles. The first-order chi connectivity index (χ1) is 18.2. The summed E-state index contributed by atoms with van der Waals surface area (Å²) in [4.78, 5) is 20.5. The van der Waals surface area contributed by atoms with Gasteiger partial charge in [0.25, 0.3) is 5.91 Å². The standard InChI is InChI=1S/C30H22FN3O2S/c31-26-14-6-4-9-21(26)18-33-19-22(25-13-5-7-15-27(25)33)17-28-29(35)34(20-24-12-8-16-36-24)30(37-28)32-23-10-2-1-3-11-23/h1-17,19H,18,20H2/b28-17-,32-30?. The van der Waals surface area contributed by atoms with E-state index in [2.05, 4.69) is 0 Å². The number of para-hydroxylation sites is 2. The third kappa shape index (κ3) is 4.73. The molecule has 0 radical (unpaired) electrons. The van der Waals surface area contributed by atoms with Gasteiger partial charge in [0.15, 0.2) is 5.17 Å². The van der Waals surface area contributed by atoms with Gasteiger partial charge in [-0.15, -0.1) is 0 Å². The average molecular weight is 508 g/mol. The van der Waals surface area contributed by atoms with Crippen LogP contribution in [-0.4, -0.2) is 20.5 Å². The number of aliphatic imine (C=N–C) groups is 1. The number of amides is 1. The van der Waals surface area contributed by atoms with Crippen molar-refractivity contribution in [2.24, 2.45) is 4.99 Å². The summed E-state index contributed by atoms with van der Waals surface area (Å²) in [5, 5.41) is 1.58. The maximum atomic E-state index is 14.4. The molecule has 0 bridgehead atoms. The number of carbonyl (C=O) groups is 1. The highest BCUT2D eigenvalue weighted by atomic mass is 32.2. The Morgan fingerprint density at radius 2 is 1.68 bits per heavy atom. The Hall–Kier alpha value is -4.36. The summed E-state index contributed by atoms with van der Waals surface area (Å²) in [6.45, 7) is 0.680. The van der Waals surface area contributed by atoms with E-state index in [1.54, 1.807) is 29.4 Å². The Balaban J connectivity index is 1.39. The van der Waals surface area contributed by atoms with Crippen LogP contribution in [0, 0.1) is 5.82 Å². The summed E-state index contributed by atoms with van der Waals surface area (Å²) in [5.41, 5.74) is 3.24. The molecule has 1 aliphatic heterocycles. The van der Waals surface area contributed by atoms with Crippen LogP contribution >= 0.6 is 11.8 Å². The Bertz CT molecular complexity index is 1640. The molecule has 2 aromatic heterocycles. The van der Waals surface area contributed by atoms with E-state index in [9.17, 15) is 9.18 Å². The van der Waals surface area contributed by atoms with Crippen LogP contribution in [0.5, 0.6) is 0 Å². The highest BCUT2D eigenvalue weighted by molar-refractivity contribution is 8.18. The molecule has 7 heteroatoms. The molecule has 1 saturated heterocycles. The molecule has 1 aliphatic rings. The lowest BCUT2D eigenvalue weighted by Crippen LogP contribution is -2.28. The second kappa shape index (κ2) is 9.95. The van der Waals surface area contributed by atoms with Gasteiger partial charge in [-0.05, 0) is 54.2 Å². The number of amidine groups is 1. The summed E-state index contributed by atoms with van der Waals surface area (Å²) < 4.78 is 21.9. The SMILES string of the molecule is O=C1/C(=C/c2cn(Cc3ccccc3F)c3ccccc23)SC(=Nc2ccccc2)N1Cc1ccco1. The second-order valence-electron chi connectivity index (χ2n) is 8.63. The van der Waals surface area contributed by atoms with Crippen molar-refractivity contribution in [1.82, 2.24) is 9.47 Å². The van der Waals surface area contributed by atoms with E-state index in [4.69, 9.17) is 9.41 Å². The molecular formula is C30H22FN3O2S. The third-order valence-corrected chi connectivity index (χ3v) is 7.17. The summed E-state index contributed by atoms with van der Waals surface area (Å²) in [6, 6.07) is 28.0. The number of thioether (sulfide) groups is 1. The average Bonchev–Trinajstić information content (AvgIpc) is 3.63. The molecule has 0 N–H and O–H groups in total. The minimum Gasteiger partial charge on any atom is -0.467 e. The van der Waals surface area contributed by atoms with Crippen LogP contribution < -0.4 is 0 Å². The summed E-state index contributed by atoms with van der Waals surface area (Å²) in [6.07, 6.45) is 5.47. The largest absolute Gasteiger partial charge is 0.467 e. The number of hydrogen-bond acceptors (Lipinski definition) is 4. The summed E-state index contributed by atoms with van der Waals surface area (Å²) >= 11 is 1.34. The number of benzene rings is 3. The molecule has 6 rings (SSSR count). The second-order valence-corrected chi connectivity index (χ2v) is 9.64. The molecule has 0 spiro atoms. The molecule has 5 nitrogen and oxygen atoms in total. The lowest BCUT2D eigenvalue weighted by atomic mass is 10.1. The normalized spacial score (nSPS) is 15.9. The van der Waals surface area contributed by atoms with E-state index in [1.165, 1.54) is 17.8 Å². The number of carbonyl (C=O) groups excluding carboxylic acids is 1. The minimum atomic E-state index is -0.239. The first-order valence-electron chi connectivity index (χ1n) is 11.8. The Kier molecular flexibility index (Phi) is 6.20. The first kappa shape index (κ1) is 23.1. The number of nitrogens with zero attached hydrogens (tertiary/aromatic N) is 3. The van der Waals surface area contributed by atoms with Crippen molar-refractivity contribution in [3.05, 3.63) is 131 Å². The summed E-state index contributed by atoms with van der Waals surface area (Å²) in [5.74, 6) is 0.302. The molecule has 0 aliphatic carbocycles. The molecule has 1 fully saturated rings. The smallest absolute Gasteiger partial charge is 0.267 e. The van der Waals surface area contributed by atoms with Crippen molar-refractivity contribution in [2.75, 3.05) is 0 Å². The molecule has 0 saturated carbocycles. The van der Waals surface area contributed by atoms with Gasteiger partial charge in [0, 0.05) is 28.2 Å². The van der Waals surface area contributed by atoms with Gasteiger partial charge in [0.2, 0.25) is 0 Å². The molecule has 5 aromatic rings. The zero-order chi connectivity index (χ0) is 25.2. The molecule has 3 heterocycles. The highest BCUT2D eigenvalue weighted by Gasteiger charge is 2.34. The molecular weight excluding hydrogens is 485 g/mol. The maximum absolute atomic E-state index is 14.4. The Labute approximate surface area is 217 Å². The van der Waals surface area contributed by atoms with Gasteiger partial charge in [-0.3, -0.25) is 9.69 Å². The van der Waals surface area contributed by atoms with E-state index in [0.717, 1.165) is 22.2 Å². The first-order valence-corrected chi connectivity index (χ1v) is 12.7. The van der Waals surface area contributed by atoms with Gasteiger partial charge in [-0.25, -0.2) is 9.38 Å². The van der Waals surface area contributed by atoms with Crippen molar-refractivity contribution in [2.45, 2.75) is 13.1 Å². The van der Waals surface area contributed by atoms with Crippen LogP contribution in [0.3, 0.4) is 0 Å². The zero-order valence-corrected chi connectivity index (χ0v) is 20.6. The van der Waals surface area contributed by atoms with Crippen LogP contribution in [0.4, 0.5) is 10.1 Å². The molecule has 1 amide bonds. The van der Waals surface area contributed by atoms with Gasteiger partial charge in [-0.1, -0.05) is 54.6 Å². The fourth-order valence-corrected chi connectivity index (χ4v) is 5.36. The van der Waals surface area contributed by atoms with Crippen LogP contribution in [0.15, 0.2) is 118 Å². The van der Waals surface area contributed by atoms with Gasteiger partial charge in [-0.2, -0.15) is 0 Å². The number of halogens is 1. The number of rotatable bonds is 6.